The standard InChI is InChI=1S/C29H43N3O/c1-5-15-31-18-22(29(33)30(4)23-11-8-6-7-9-12-23)16-25-24-13-10-14-26-28(24)21(17-27(25)31)19-32(26)20(2)3/h10,13-14,19-20,22-23,25,27H,5-9,11-12,15-18H2,1-4H3/t22-,25?,27-/m1/s1. The van der Waals surface area contributed by atoms with E-state index in [1.165, 1.54) is 60.6 Å². The minimum absolute atomic E-state index is 0.120. The molecule has 1 aromatic heterocycles. The van der Waals surface area contributed by atoms with Crippen LogP contribution in [0, 0.1) is 5.92 Å². The van der Waals surface area contributed by atoms with Crippen molar-refractivity contribution in [2.75, 3.05) is 20.1 Å². The van der Waals surface area contributed by atoms with Crippen molar-refractivity contribution in [1.29, 1.82) is 0 Å². The molecule has 2 aliphatic carbocycles. The monoisotopic (exact) mass is 449 g/mol. The highest BCUT2D eigenvalue weighted by Crippen LogP contribution is 2.46. The summed E-state index contributed by atoms with van der Waals surface area (Å²) in [6.45, 7) is 8.86. The van der Waals surface area contributed by atoms with Crippen molar-refractivity contribution in [3.05, 3.63) is 35.5 Å². The molecule has 2 heterocycles. The molecule has 2 aromatic rings. The van der Waals surface area contributed by atoms with Gasteiger partial charge in [0.25, 0.3) is 0 Å². The molecule has 0 radical (unpaired) electrons. The highest BCUT2D eigenvalue weighted by Gasteiger charge is 2.43. The summed E-state index contributed by atoms with van der Waals surface area (Å²) >= 11 is 0. The van der Waals surface area contributed by atoms with Crippen LogP contribution in [0.1, 0.15) is 95.2 Å². The quantitative estimate of drug-likeness (QED) is 0.513. The number of amides is 1. The maximum Gasteiger partial charge on any atom is 0.226 e. The molecule has 1 aromatic carbocycles. The summed E-state index contributed by atoms with van der Waals surface area (Å²) in [5, 5.41) is 1.48. The highest BCUT2D eigenvalue weighted by atomic mass is 16.2. The van der Waals surface area contributed by atoms with Gasteiger partial charge in [-0.2, -0.15) is 0 Å². The summed E-state index contributed by atoms with van der Waals surface area (Å²) in [6.07, 6.45) is 13.3. The van der Waals surface area contributed by atoms with Gasteiger partial charge in [-0.05, 0) is 69.7 Å². The van der Waals surface area contributed by atoms with E-state index < -0.39 is 0 Å². The summed E-state index contributed by atoms with van der Waals surface area (Å²) in [5.74, 6) is 0.982. The first-order valence-corrected chi connectivity index (χ1v) is 13.6. The molecule has 1 unspecified atom stereocenters. The molecule has 1 saturated heterocycles. The largest absolute Gasteiger partial charge is 0.345 e. The van der Waals surface area contributed by atoms with E-state index in [-0.39, 0.29) is 5.92 Å². The summed E-state index contributed by atoms with van der Waals surface area (Å²) in [7, 11) is 2.09. The second-order valence-electron chi connectivity index (χ2n) is 11.3. The van der Waals surface area contributed by atoms with Gasteiger partial charge in [-0.3, -0.25) is 9.69 Å². The number of aromatic nitrogens is 1. The fourth-order valence-corrected chi connectivity index (χ4v) is 7.19. The Balaban J connectivity index is 1.46. The van der Waals surface area contributed by atoms with Crippen LogP contribution in [0.4, 0.5) is 0 Å². The Bertz CT molecular complexity index is 984. The van der Waals surface area contributed by atoms with Crippen molar-refractivity contribution in [1.82, 2.24) is 14.4 Å². The van der Waals surface area contributed by atoms with E-state index in [0.717, 1.165) is 32.4 Å². The van der Waals surface area contributed by atoms with Crippen LogP contribution in [0.25, 0.3) is 10.9 Å². The molecule has 1 amide bonds. The zero-order chi connectivity index (χ0) is 23.1. The third-order valence-electron chi connectivity index (χ3n) is 8.86. The molecule has 3 atom stereocenters. The van der Waals surface area contributed by atoms with Gasteiger partial charge in [0.05, 0.1) is 5.92 Å². The Hall–Kier alpha value is -1.81. The van der Waals surface area contributed by atoms with E-state index in [4.69, 9.17) is 0 Å². The van der Waals surface area contributed by atoms with Gasteiger partial charge in [0.15, 0.2) is 0 Å². The highest BCUT2D eigenvalue weighted by molar-refractivity contribution is 5.89. The molecule has 0 bridgehead atoms. The van der Waals surface area contributed by atoms with Gasteiger partial charge < -0.3 is 9.47 Å². The Morgan fingerprint density at radius 2 is 1.91 bits per heavy atom. The number of benzene rings is 1. The second kappa shape index (κ2) is 9.44. The number of carbonyl (C=O) groups is 1. The van der Waals surface area contributed by atoms with Crippen LogP contribution in [0.2, 0.25) is 0 Å². The van der Waals surface area contributed by atoms with E-state index >= 15 is 0 Å². The fourth-order valence-electron chi connectivity index (χ4n) is 7.19. The van der Waals surface area contributed by atoms with Crippen LogP contribution in [-0.2, 0) is 11.2 Å². The van der Waals surface area contributed by atoms with Crippen molar-refractivity contribution in [2.45, 2.75) is 103 Å². The molecular formula is C29H43N3O. The lowest BCUT2D eigenvalue weighted by Crippen LogP contribution is -2.54. The SMILES string of the molecule is CCCN1C[C@H](C(=O)N(C)C2CCCCCC2)CC2c3cccc4c3c(cn4C(C)C)C[C@H]21. The molecule has 33 heavy (non-hydrogen) atoms. The van der Waals surface area contributed by atoms with Crippen molar-refractivity contribution in [3.63, 3.8) is 0 Å². The molecule has 5 rings (SSSR count). The van der Waals surface area contributed by atoms with E-state index in [2.05, 4.69) is 66.6 Å². The van der Waals surface area contributed by atoms with Gasteiger partial charge in [-0.1, -0.05) is 44.7 Å². The van der Waals surface area contributed by atoms with Crippen molar-refractivity contribution >= 4 is 16.8 Å². The topological polar surface area (TPSA) is 28.5 Å². The van der Waals surface area contributed by atoms with Gasteiger partial charge in [-0.15, -0.1) is 0 Å². The van der Waals surface area contributed by atoms with Gasteiger partial charge in [0, 0.05) is 54.7 Å². The fraction of sp³-hybridized carbons (Fsp3) is 0.690. The first kappa shape index (κ1) is 23.0. The molecule has 1 aliphatic heterocycles. The third-order valence-corrected chi connectivity index (χ3v) is 8.86. The first-order chi connectivity index (χ1) is 16.0. The number of hydrogen-bond acceptors (Lipinski definition) is 2. The molecule has 180 valence electrons. The normalized spacial score (nSPS) is 26.4. The zero-order valence-corrected chi connectivity index (χ0v) is 21.2. The maximum atomic E-state index is 13.8. The number of rotatable bonds is 5. The molecular weight excluding hydrogens is 406 g/mol. The molecule has 0 spiro atoms. The zero-order valence-electron chi connectivity index (χ0n) is 21.2. The Labute approximate surface area is 200 Å². The number of piperidine rings is 1. The van der Waals surface area contributed by atoms with Crippen LogP contribution >= 0.6 is 0 Å². The molecule has 4 heteroatoms. The second-order valence-corrected chi connectivity index (χ2v) is 11.3. The lowest BCUT2D eigenvalue weighted by atomic mass is 9.72. The number of fused-ring (bicyclic) bond motifs is 2. The number of carbonyl (C=O) groups excluding carboxylic acids is 1. The lowest BCUT2D eigenvalue weighted by molar-refractivity contribution is -0.139. The van der Waals surface area contributed by atoms with E-state index in [9.17, 15) is 4.79 Å². The minimum atomic E-state index is 0.120. The van der Waals surface area contributed by atoms with Crippen molar-refractivity contribution in [2.24, 2.45) is 5.92 Å². The van der Waals surface area contributed by atoms with Crippen LogP contribution in [0.5, 0.6) is 0 Å². The lowest BCUT2D eigenvalue weighted by Gasteiger charge is -2.47. The smallest absolute Gasteiger partial charge is 0.226 e. The van der Waals surface area contributed by atoms with Gasteiger partial charge in [-0.25, -0.2) is 0 Å². The van der Waals surface area contributed by atoms with E-state index in [1.54, 1.807) is 0 Å². The van der Waals surface area contributed by atoms with Crippen LogP contribution in [-0.4, -0.2) is 52.5 Å². The van der Waals surface area contributed by atoms with Crippen LogP contribution in [0.15, 0.2) is 24.4 Å². The van der Waals surface area contributed by atoms with Gasteiger partial charge >= 0.3 is 0 Å². The predicted octanol–water partition coefficient (Wildman–Crippen LogP) is 6.14. The molecule has 1 saturated carbocycles. The minimum Gasteiger partial charge on any atom is -0.345 e. The summed E-state index contributed by atoms with van der Waals surface area (Å²) in [6, 6.07) is 8.33. The van der Waals surface area contributed by atoms with Crippen molar-refractivity contribution in [3.8, 4) is 0 Å². The Morgan fingerprint density at radius 3 is 2.61 bits per heavy atom. The van der Waals surface area contributed by atoms with Crippen LogP contribution < -0.4 is 0 Å². The predicted molar refractivity (Wildman–Crippen MR) is 137 cm³/mol. The molecule has 2 fully saturated rings. The number of nitrogens with zero attached hydrogens (tertiary/aromatic N) is 3. The summed E-state index contributed by atoms with van der Waals surface area (Å²) in [5.41, 5.74) is 4.38. The van der Waals surface area contributed by atoms with E-state index in [0.29, 0.717) is 30.0 Å². The van der Waals surface area contributed by atoms with Gasteiger partial charge in [0.2, 0.25) is 5.91 Å². The maximum absolute atomic E-state index is 13.8. The first-order valence-electron chi connectivity index (χ1n) is 13.6. The average molecular weight is 450 g/mol. The summed E-state index contributed by atoms with van der Waals surface area (Å²) in [4.78, 5) is 18.6. The number of hydrogen-bond donors (Lipinski definition) is 0. The number of likely N-dealkylation sites (tertiary alicyclic amines) is 1. The Kier molecular flexibility index (Phi) is 6.57. The third kappa shape index (κ3) is 4.13. The summed E-state index contributed by atoms with van der Waals surface area (Å²) < 4.78 is 2.46. The van der Waals surface area contributed by atoms with Crippen molar-refractivity contribution < 1.29 is 4.79 Å². The van der Waals surface area contributed by atoms with E-state index in [1.807, 2.05) is 0 Å². The van der Waals surface area contributed by atoms with Gasteiger partial charge in [0.1, 0.15) is 0 Å². The molecule has 3 aliphatic rings. The average Bonchev–Trinajstić information content (AvgIpc) is 3.00. The molecule has 4 nitrogen and oxygen atoms in total. The Morgan fingerprint density at radius 1 is 1.15 bits per heavy atom. The van der Waals surface area contributed by atoms with Crippen LogP contribution in [0.3, 0.4) is 0 Å². The molecule has 0 N–H and O–H groups in total.